The normalized spacial score (nSPS) is 10.8. The molecule has 2 rings (SSSR count). The Morgan fingerprint density at radius 3 is 2.81 bits per heavy atom. The highest BCUT2D eigenvalue weighted by molar-refractivity contribution is 5.87. The van der Waals surface area contributed by atoms with E-state index in [0.717, 1.165) is 16.5 Å². The number of rotatable bonds is 4. The molecule has 0 radical (unpaired) electrons. The van der Waals surface area contributed by atoms with E-state index < -0.39 is 12.6 Å². The van der Waals surface area contributed by atoms with Crippen molar-refractivity contribution in [3.8, 4) is 0 Å². The van der Waals surface area contributed by atoms with Gasteiger partial charge in [0.25, 0.3) is 0 Å². The summed E-state index contributed by atoms with van der Waals surface area (Å²) in [6, 6.07) is 7.45. The van der Waals surface area contributed by atoms with Gasteiger partial charge in [-0.15, -0.1) is 0 Å². The van der Waals surface area contributed by atoms with E-state index in [-0.39, 0.29) is 13.0 Å². The van der Waals surface area contributed by atoms with Crippen LogP contribution < -0.4 is 0 Å². The molecule has 0 aliphatic rings. The van der Waals surface area contributed by atoms with Crippen molar-refractivity contribution in [3.63, 3.8) is 0 Å². The summed E-state index contributed by atoms with van der Waals surface area (Å²) in [5.74, 6) is -0.872. The van der Waals surface area contributed by atoms with E-state index in [0.29, 0.717) is 0 Å². The number of aromatic nitrogens is 1. The minimum absolute atomic E-state index is 0.0280. The molecular weight excluding hydrogens is 209 g/mol. The van der Waals surface area contributed by atoms with Gasteiger partial charge in [0, 0.05) is 17.1 Å². The fourth-order valence-electron chi connectivity index (χ4n) is 1.90. The van der Waals surface area contributed by atoms with Gasteiger partial charge in [0.15, 0.2) is 0 Å². The average molecular weight is 221 g/mol. The molecule has 0 bridgehead atoms. The molecule has 1 N–H and O–H groups in total. The summed E-state index contributed by atoms with van der Waals surface area (Å²) in [5, 5.41) is 9.67. The molecule has 0 unspecified atom stereocenters. The molecule has 0 saturated carbocycles. The van der Waals surface area contributed by atoms with Crippen LogP contribution in [-0.4, -0.2) is 22.3 Å². The van der Waals surface area contributed by atoms with Crippen molar-refractivity contribution >= 4 is 16.9 Å². The maximum absolute atomic E-state index is 12.3. The molecule has 1 aromatic heterocycles. The zero-order valence-electron chi connectivity index (χ0n) is 8.69. The Balaban J connectivity index is 2.52. The molecule has 0 aliphatic carbocycles. The molecule has 4 heteroatoms. The Morgan fingerprint density at radius 2 is 2.12 bits per heavy atom. The number of benzene rings is 1. The van der Waals surface area contributed by atoms with E-state index in [1.807, 2.05) is 24.3 Å². The van der Waals surface area contributed by atoms with E-state index in [9.17, 15) is 9.18 Å². The van der Waals surface area contributed by atoms with Crippen molar-refractivity contribution in [2.24, 2.45) is 0 Å². The van der Waals surface area contributed by atoms with Gasteiger partial charge in [-0.2, -0.15) is 0 Å². The molecule has 2 aromatic rings. The lowest BCUT2D eigenvalue weighted by atomic mass is 10.1. The third-order valence-electron chi connectivity index (χ3n) is 2.54. The number of hydrogen-bond acceptors (Lipinski definition) is 1. The van der Waals surface area contributed by atoms with Gasteiger partial charge in [-0.05, 0) is 11.6 Å². The minimum Gasteiger partial charge on any atom is -0.481 e. The van der Waals surface area contributed by atoms with E-state index in [1.165, 1.54) is 0 Å². The Morgan fingerprint density at radius 1 is 1.38 bits per heavy atom. The van der Waals surface area contributed by atoms with Gasteiger partial charge in [-0.1, -0.05) is 18.2 Å². The van der Waals surface area contributed by atoms with Gasteiger partial charge in [0.05, 0.1) is 13.0 Å². The lowest BCUT2D eigenvalue weighted by Gasteiger charge is -1.99. The maximum atomic E-state index is 12.3. The summed E-state index contributed by atoms with van der Waals surface area (Å²) in [6.45, 7) is -0.189. The van der Waals surface area contributed by atoms with Crippen LogP contribution in [0.15, 0.2) is 30.5 Å². The van der Waals surface area contributed by atoms with E-state index in [2.05, 4.69) is 0 Å². The highest BCUT2D eigenvalue weighted by Gasteiger charge is 2.10. The summed E-state index contributed by atoms with van der Waals surface area (Å²) in [4.78, 5) is 10.7. The summed E-state index contributed by atoms with van der Waals surface area (Å²) < 4.78 is 14.1. The molecule has 0 aliphatic heterocycles. The molecule has 0 fully saturated rings. The van der Waals surface area contributed by atoms with Gasteiger partial charge >= 0.3 is 5.97 Å². The lowest BCUT2D eigenvalue weighted by molar-refractivity contribution is -0.136. The summed E-state index contributed by atoms with van der Waals surface area (Å²) in [5.41, 5.74) is 1.62. The van der Waals surface area contributed by atoms with Gasteiger partial charge in [0.2, 0.25) is 0 Å². The van der Waals surface area contributed by atoms with Crippen LogP contribution in [0.4, 0.5) is 4.39 Å². The number of hydrogen-bond donors (Lipinski definition) is 1. The quantitative estimate of drug-likeness (QED) is 0.860. The first-order valence-corrected chi connectivity index (χ1v) is 5.07. The number of fused-ring (bicyclic) bond motifs is 1. The monoisotopic (exact) mass is 221 g/mol. The first-order chi connectivity index (χ1) is 7.72. The van der Waals surface area contributed by atoms with Crippen molar-refractivity contribution in [1.82, 2.24) is 4.57 Å². The topological polar surface area (TPSA) is 42.2 Å². The second kappa shape index (κ2) is 4.35. The average Bonchev–Trinajstić information content (AvgIpc) is 2.58. The Kier molecular flexibility index (Phi) is 2.90. The second-order valence-corrected chi connectivity index (χ2v) is 3.62. The van der Waals surface area contributed by atoms with Crippen LogP contribution in [0.3, 0.4) is 0 Å². The van der Waals surface area contributed by atoms with Crippen molar-refractivity contribution < 1.29 is 14.3 Å². The predicted molar refractivity (Wildman–Crippen MR) is 59.3 cm³/mol. The minimum atomic E-state index is -0.872. The molecule has 84 valence electrons. The molecule has 0 amide bonds. The maximum Gasteiger partial charge on any atom is 0.307 e. The smallest absolute Gasteiger partial charge is 0.307 e. The van der Waals surface area contributed by atoms with Crippen LogP contribution in [0.2, 0.25) is 0 Å². The van der Waals surface area contributed by atoms with Gasteiger partial charge in [0.1, 0.15) is 6.67 Å². The molecule has 1 heterocycles. The van der Waals surface area contributed by atoms with E-state index >= 15 is 0 Å². The molecule has 0 atom stereocenters. The van der Waals surface area contributed by atoms with Crippen LogP contribution in [0, 0.1) is 0 Å². The number of para-hydroxylation sites is 1. The van der Waals surface area contributed by atoms with Gasteiger partial charge < -0.3 is 9.67 Å². The van der Waals surface area contributed by atoms with Gasteiger partial charge in [-0.3, -0.25) is 4.79 Å². The van der Waals surface area contributed by atoms with Crippen molar-refractivity contribution in [3.05, 3.63) is 36.0 Å². The number of carbonyl (C=O) groups is 1. The number of carboxylic acids is 1. The van der Waals surface area contributed by atoms with Crippen LogP contribution in [0.1, 0.15) is 5.56 Å². The van der Waals surface area contributed by atoms with Crippen LogP contribution >= 0.6 is 0 Å². The fraction of sp³-hybridized carbons (Fsp3) is 0.250. The Labute approximate surface area is 92.1 Å². The summed E-state index contributed by atoms with van der Waals surface area (Å²) >= 11 is 0. The largest absolute Gasteiger partial charge is 0.481 e. The third-order valence-corrected chi connectivity index (χ3v) is 2.54. The zero-order valence-corrected chi connectivity index (χ0v) is 8.69. The number of halogens is 1. The third kappa shape index (κ3) is 1.91. The number of nitrogens with zero attached hydrogens (tertiary/aromatic N) is 1. The number of aliphatic carboxylic acids is 1. The lowest BCUT2D eigenvalue weighted by Crippen LogP contribution is -2.00. The van der Waals surface area contributed by atoms with Crippen LogP contribution in [-0.2, 0) is 17.8 Å². The number of alkyl halides is 1. The molecule has 0 spiro atoms. The number of aryl methyl sites for hydroxylation is 1. The van der Waals surface area contributed by atoms with Crippen LogP contribution in [0.25, 0.3) is 10.9 Å². The number of carboxylic acid groups (broad SMARTS) is 1. The highest BCUT2D eigenvalue weighted by Crippen LogP contribution is 2.21. The standard InChI is InChI=1S/C12H12FNO2/c13-5-6-14-8-9(7-12(15)16)10-3-1-2-4-11(10)14/h1-4,8H,5-7H2,(H,15,16). The summed E-state index contributed by atoms with van der Waals surface area (Å²) in [7, 11) is 0. The first kappa shape index (κ1) is 10.7. The van der Waals surface area contributed by atoms with Crippen LogP contribution in [0.5, 0.6) is 0 Å². The first-order valence-electron chi connectivity index (χ1n) is 5.07. The van der Waals surface area contributed by atoms with Crippen molar-refractivity contribution in [1.29, 1.82) is 0 Å². The summed E-state index contributed by atoms with van der Waals surface area (Å²) in [6.07, 6.45) is 1.69. The SMILES string of the molecule is O=C(O)Cc1cn(CCF)c2ccccc12. The second-order valence-electron chi connectivity index (χ2n) is 3.62. The van der Waals surface area contributed by atoms with E-state index in [1.54, 1.807) is 10.8 Å². The molecule has 16 heavy (non-hydrogen) atoms. The van der Waals surface area contributed by atoms with Gasteiger partial charge in [-0.25, -0.2) is 4.39 Å². The Hall–Kier alpha value is -1.84. The highest BCUT2D eigenvalue weighted by atomic mass is 19.1. The fourth-order valence-corrected chi connectivity index (χ4v) is 1.90. The predicted octanol–water partition coefficient (Wildman–Crippen LogP) is 2.24. The Bertz CT molecular complexity index is 519. The zero-order chi connectivity index (χ0) is 11.5. The molecule has 0 saturated heterocycles. The van der Waals surface area contributed by atoms with Crippen molar-refractivity contribution in [2.75, 3.05) is 6.67 Å². The molecule has 1 aromatic carbocycles. The van der Waals surface area contributed by atoms with Crippen molar-refractivity contribution in [2.45, 2.75) is 13.0 Å². The molecular formula is C12H12FNO2. The molecule has 3 nitrogen and oxygen atoms in total. The van der Waals surface area contributed by atoms with E-state index in [4.69, 9.17) is 5.11 Å².